The van der Waals surface area contributed by atoms with Crippen LogP contribution in [-0.2, 0) is 0 Å². The lowest BCUT2D eigenvalue weighted by molar-refractivity contribution is 0.740. The number of hydrogen-bond donors (Lipinski definition) is 2. The number of rotatable bonds is 1. The lowest BCUT2D eigenvalue weighted by Crippen LogP contribution is -2.08. The van der Waals surface area contributed by atoms with E-state index in [-0.39, 0.29) is 0 Å². The largest absolute Gasteiger partial charge is 0.357 e. The first-order chi connectivity index (χ1) is 7.75. The number of halogens is 2. The highest BCUT2D eigenvalue weighted by atomic mass is 79.9. The molecule has 1 aromatic carbocycles. The zero-order chi connectivity index (χ0) is 11.1. The van der Waals surface area contributed by atoms with Crippen LogP contribution in [0.3, 0.4) is 0 Å². The molecule has 0 spiro atoms. The van der Waals surface area contributed by atoms with Crippen molar-refractivity contribution >= 4 is 38.4 Å². The Morgan fingerprint density at radius 2 is 2.25 bits per heavy atom. The van der Waals surface area contributed by atoms with Gasteiger partial charge < -0.3 is 10.3 Å². The van der Waals surface area contributed by atoms with E-state index in [2.05, 4.69) is 26.2 Å². The standard InChI is InChI=1S/C12H12BrClN2/c13-11-9-5-8(14)1-2-10(9)16-12(11)7-3-4-15-6-7/h1-2,5,7,15-16H,3-4,6H2. The van der Waals surface area contributed by atoms with Crippen LogP contribution in [0, 0.1) is 0 Å². The van der Waals surface area contributed by atoms with Crippen molar-refractivity contribution in [1.82, 2.24) is 10.3 Å². The molecule has 1 saturated heterocycles. The molecular formula is C12H12BrClN2. The lowest BCUT2D eigenvalue weighted by atomic mass is 10.1. The van der Waals surface area contributed by atoms with Crippen LogP contribution >= 0.6 is 27.5 Å². The van der Waals surface area contributed by atoms with Gasteiger partial charge in [-0.2, -0.15) is 0 Å². The van der Waals surface area contributed by atoms with Gasteiger partial charge >= 0.3 is 0 Å². The molecule has 2 N–H and O–H groups in total. The van der Waals surface area contributed by atoms with E-state index in [1.54, 1.807) is 0 Å². The van der Waals surface area contributed by atoms with E-state index in [0.717, 1.165) is 23.6 Å². The molecule has 0 aliphatic carbocycles. The number of benzene rings is 1. The number of aromatic amines is 1. The van der Waals surface area contributed by atoms with Gasteiger partial charge in [0, 0.05) is 38.6 Å². The number of hydrogen-bond acceptors (Lipinski definition) is 1. The van der Waals surface area contributed by atoms with Crippen LogP contribution in [0.5, 0.6) is 0 Å². The Balaban J connectivity index is 2.15. The fraction of sp³-hybridized carbons (Fsp3) is 0.333. The van der Waals surface area contributed by atoms with Crippen LogP contribution in [0.4, 0.5) is 0 Å². The van der Waals surface area contributed by atoms with Crippen LogP contribution in [0.25, 0.3) is 10.9 Å². The maximum Gasteiger partial charge on any atom is 0.0468 e. The second-order valence-electron chi connectivity index (χ2n) is 4.23. The maximum absolute atomic E-state index is 6.01. The van der Waals surface area contributed by atoms with Gasteiger partial charge in [0.25, 0.3) is 0 Å². The second-order valence-corrected chi connectivity index (χ2v) is 5.46. The predicted molar refractivity (Wildman–Crippen MR) is 71.2 cm³/mol. The molecule has 16 heavy (non-hydrogen) atoms. The molecule has 1 unspecified atom stereocenters. The zero-order valence-electron chi connectivity index (χ0n) is 8.69. The normalized spacial score (nSPS) is 20.8. The van der Waals surface area contributed by atoms with E-state index >= 15 is 0 Å². The molecule has 0 amide bonds. The van der Waals surface area contributed by atoms with Crippen LogP contribution in [-0.4, -0.2) is 18.1 Å². The van der Waals surface area contributed by atoms with E-state index in [1.165, 1.54) is 22.0 Å². The molecule has 84 valence electrons. The van der Waals surface area contributed by atoms with Crippen molar-refractivity contribution in [2.45, 2.75) is 12.3 Å². The highest BCUT2D eigenvalue weighted by Crippen LogP contribution is 2.35. The third kappa shape index (κ3) is 1.67. The highest BCUT2D eigenvalue weighted by Gasteiger charge is 2.22. The van der Waals surface area contributed by atoms with Crippen molar-refractivity contribution in [1.29, 1.82) is 0 Å². The molecule has 2 aromatic rings. The fourth-order valence-electron chi connectivity index (χ4n) is 2.33. The number of aromatic nitrogens is 1. The Kier molecular flexibility index (Phi) is 2.70. The Morgan fingerprint density at radius 3 is 3.00 bits per heavy atom. The summed E-state index contributed by atoms with van der Waals surface area (Å²) in [7, 11) is 0. The Labute approximate surface area is 107 Å². The van der Waals surface area contributed by atoms with E-state index in [9.17, 15) is 0 Å². The Hall–Kier alpha value is -0.510. The van der Waals surface area contributed by atoms with E-state index in [1.807, 2.05) is 18.2 Å². The van der Waals surface area contributed by atoms with Crippen molar-refractivity contribution < 1.29 is 0 Å². The molecule has 1 aliphatic rings. The minimum Gasteiger partial charge on any atom is -0.357 e. The fourth-order valence-corrected chi connectivity index (χ4v) is 3.26. The first-order valence-electron chi connectivity index (χ1n) is 5.43. The molecule has 4 heteroatoms. The van der Waals surface area contributed by atoms with Crippen molar-refractivity contribution in [3.63, 3.8) is 0 Å². The number of nitrogens with one attached hydrogen (secondary N) is 2. The molecule has 1 aliphatic heterocycles. The molecule has 0 bridgehead atoms. The molecular weight excluding hydrogens is 288 g/mol. The first kappa shape index (κ1) is 10.6. The SMILES string of the molecule is Clc1ccc2[nH]c(C3CCNC3)c(Br)c2c1. The Morgan fingerprint density at radius 1 is 1.38 bits per heavy atom. The van der Waals surface area contributed by atoms with Gasteiger partial charge in [-0.05, 0) is 47.1 Å². The second kappa shape index (κ2) is 4.06. The van der Waals surface area contributed by atoms with Crippen LogP contribution in [0.15, 0.2) is 22.7 Å². The average molecular weight is 300 g/mol. The summed E-state index contributed by atoms with van der Waals surface area (Å²) >= 11 is 9.69. The summed E-state index contributed by atoms with van der Waals surface area (Å²) in [6.07, 6.45) is 1.19. The van der Waals surface area contributed by atoms with Gasteiger partial charge in [0.1, 0.15) is 0 Å². The molecule has 1 aromatic heterocycles. The van der Waals surface area contributed by atoms with Crippen molar-refractivity contribution in [3.05, 3.63) is 33.4 Å². The summed E-state index contributed by atoms with van der Waals surface area (Å²) in [5, 5.41) is 5.34. The third-order valence-electron chi connectivity index (χ3n) is 3.19. The Bertz CT molecular complexity index is 529. The van der Waals surface area contributed by atoms with Crippen molar-refractivity contribution in [2.24, 2.45) is 0 Å². The van der Waals surface area contributed by atoms with Gasteiger partial charge in [-0.1, -0.05) is 11.6 Å². The molecule has 1 fully saturated rings. The van der Waals surface area contributed by atoms with Gasteiger partial charge in [-0.3, -0.25) is 0 Å². The molecule has 2 heterocycles. The summed E-state index contributed by atoms with van der Waals surface area (Å²) in [5.74, 6) is 0.584. The molecule has 3 rings (SSSR count). The van der Waals surface area contributed by atoms with Gasteiger partial charge in [0.2, 0.25) is 0 Å². The third-order valence-corrected chi connectivity index (χ3v) is 4.28. The van der Waals surface area contributed by atoms with Crippen molar-refractivity contribution in [3.8, 4) is 0 Å². The minimum atomic E-state index is 0.584. The van der Waals surface area contributed by atoms with Crippen molar-refractivity contribution in [2.75, 3.05) is 13.1 Å². The van der Waals surface area contributed by atoms with Gasteiger partial charge in [-0.15, -0.1) is 0 Å². The van der Waals surface area contributed by atoms with E-state index in [0.29, 0.717) is 5.92 Å². The number of H-pyrrole nitrogens is 1. The summed E-state index contributed by atoms with van der Waals surface area (Å²) in [6, 6.07) is 5.96. The van der Waals surface area contributed by atoms with Crippen LogP contribution in [0.1, 0.15) is 18.0 Å². The summed E-state index contributed by atoms with van der Waals surface area (Å²) in [4.78, 5) is 3.49. The zero-order valence-corrected chi connectivity index (χ0v) is 11.0. The van der Waals surface area contributed by atoms with Crippen LogP contribution in [0.2, 0.25) is 5.02 Å². The van der Waals surface area contributed by atoms with Gasteiger partial charge in [-0.25, -0.2) is 0 Å². The summed E-state index contributed by atoms with van der Waals surface area (Å²) in [6.45, 7) is 2.16. The average Bonchev–Trinajstić information content (AvgIpc) is 2.87. The first-order valence-corrected chi connectivity index (χ1v) is 6.60. The highest BCUT2D eigenvalue weighted by molar-refractivity contribution is 9.10. The summed E-state index contributed by atoms with van der Waals surface area (Å²) < 4.78 is 1.17. The van der Waals surface area contributed by atoms with Crippen LogP contribution < -0.4 is 5.32 Å². The quantitative estimate of drug-likeness (QED) is 0.826. The molecule has 0 saturated carbocycles. The monoisotopic (exact) mass is 298 g/mol. The minimum absolute atomic E-state index is 0.584. The van der Waals surface area contributed by atoms with E-state index in [4.69, 9.17) is 11.6 Å². The maximum atomic E-state index is 6.01. The van der Waals surface area contributed by atoms with Gasteiger partial charge in [0.15, 0.2) is 0 Å². The van der Waals surface area contributed by atoms with E-state index < -0.39 is 0 Å². The summed E-state index contributed by atoms with van der Waals surface area (Å²) in [5.41, 5.74) is 2.44. The number of fused-ring (bicyclic) bond motifs is 1. The smallest absolute Gasteiger partial charge is 0.0468 e. The lowest BCUT2D eigenvalue weighted by Gasteiger charge is -2.05. The molecule has 0 radical (unpaired) electrons. The topological polar surface area (TPSA) is 27.8 Å². The van der Waals surface area contributed by atoms with Gasteiger partial charge in [0.05, 0.1) is 0 Å². The predicted octanol–water partition coefficient (Wildman–Crippen LogP) is 3.66. The molecule has 1 atom stereocenters. The molecule has 2 nitrogen and oxygen atoms in total.